The van der Waals surface area contributed by atoms with Gasteiger partial charge in [0.2, 0.25) is 0 Å². The Morgan fingerprint density at radius 2 is 2.14 bits per heavy atom. The fraction of sp³-hybridized carbons (Fsp3) is 0.235. The van der Waals surface area contributed by atoms with Crippen molar-refractivity contribution in [2.24, 2.45) is 12.8 Å². The number of aryl methyl sites for hydroxylation is 1. The molecule has 112 valence electrons. The Bertz CT molecular complexity index is 872. The Hall–Kier alpha value is -2.04. The van der Waals surface area contributed by atoms with Gasteiger partial charge in [-0.2, -0.15) is 5.10 Å². The van der Waals surface area contributed by atoms with Crippen LogP contribution in [0.1, 0.15) is 5.56 Å². The maximum Gasteiger partial charge on any atom is 0.132 e. The van der Waals surface area contributed by atoms with Crippen LogP contribution in [0.3, 0.4) is 0 Å². The average Bonchev–Trinajstić information content (AvgIpc) is 3.09. The number of nitrogens with zero attached hydrogens (tertiary/aromatic N) is 2. The van der Waals surface area contributed by atoms with Gasteiger partial charge >= 0.3 is 0 Å². The number of hydrogen-bond donors (Lipinski definition) is 1. The molecule has 5 heteroatoms. The van der Waals surface area contributed by atoms with Gasteiger partial charge in [0, 0.05) is 31.0 Å². The fourth-order valence-electron chi connectivity index (χ4n) is 3.12. The molecule has 1 aromatic heterocycles. The van der Waals surface area contributed by atoms with Gasteiger partial charge in [-0.05, 0) is 23.8 Å². The zero-order valence-corrected chi connectivity index (χ0v) is 13.0. The Kier molecular flexibility index (Phi) is 3.10. The van der Waals surface area contributed by atoms with E-state index in [9.17, 15) is 0 Å². The van der Waals surface area contributed by atoms with E-state index in [1.165, 1.54) is 5.56 Å². The zero-order chi connectivity index (χ0) is 15.3. The molecule has 4 rings (SSSR count). The fourth-order valence-corrected chi connectivity index (χ4v) is 3.37. The first-order valence-electron chi connectivity index (χ1n) is 7.29. The molecule has 2 heterocycles. The summed E-state index contributed by atoms with van der Waals surface area (Å²) in [6, 6.07) is 12.0. The van der Waals surface area contributed by atoms with Gasteiger partial charge in [-0.3, -0.25) is 4.68 Å². The summed E-state index contributed by atoms with van der Waals surface area (Å²) in [6.07, 6.45) is 0.889. The largest absolute Gasteiger partial charge is 0.488 e. The Labute approximate surface area is 133 Å². The number of rotatable bonds is 2. The minimum Gasteiger partial charge on any atom is -0.488 e. The molecule has 0 bridgehead atoms. The first kappa shape index (κ1) is 13.6. The van der Waals surface area contributed by atoms with Crippen molar-refractivity contribution in [3.63, 3.8) is 0 Å². The van der Waals surface area contributed by atoms with Crippen LogP contribution in [0, 0.1) is 0 Å². The van der Waals surface area contributed by atoms with Crippen LogP contribution in [-0.2, 0) is 13.5 Å². The molecule has 0 radical (unpaired) electrons. The quantitative estimate of drug-likeness (QED) is 0.790. The minimum atomic E-state index is 0.0431. The lowest BCUT2D eigenvalue weighted by Crippen LogP contribution is -2.24. The van der Waals surface area contributed by atoms with Crippen molar-refractivity contribution in [3.05, 3.63) is 47.0 Å². The Morgan fingerprint density at radius 1 is 1.32 bits per heavy atom. The van der Waals surface area contributed by atoms with Gasteiger partial charge in [0.15, 0.2) is 0 Å². The van der Waals surface area contributed by atoms with E-state index >= 15 is 0 Å². The number of hydrogen-bond acceptors (Lipinski definition) is 3. The van der Waals surface area contributed by atoms with Crippen LogP contribution in [0.25, 0.3) is 22.2 Å². The lowest BCUT2D eigenvalue weighted by atomic mass is 10.0. The summed E-state index contributed by atoms with van der Waals surface area (Å²) in [5.41, 5.74) is 9.78. The normalized spacial score (nSPS) is 16.8. The molecule has 0 saturated carbocycles. The van der Waals surface area contributed by atoms with E-state index in [2.05, 4.69) is 11.2 Å². The molecule has 2 aromatic carbocycles. The maximum absolute atomic E-state index is 6.42. The van der Waals surface area contributed by atoms with Crippen molar-refractivity contribution in [2.45, 2.75) is 12.5 Å². The van der Waals surface area contributed by atoms with Crippen molar-refractivity contribution in [2.75, 3.05) is 6.54 Å². The maximum atomic E-state index is 6.42. The number of fused-ring (bicyclic) bond motifs is 2. The highest BCUT2D eigenvalue weighted by Gasteiger charge is 2.26. The van der Waals surface area contributed by atoms with E-state index in [1.807, 2.05) is 42.1 Å². The van der Waals surface area contributed by atoms with Gasteiger partial charge in [-0.1, -0.05) is 29.8 Å². The number of aromatic nitrogens is 2. The van der Waals surface area contributed by atoms with Crippen LogP contribution in [0.5, 0.6) is 5.75 Å². The monoisotopic (exact) mass is 313 g/mol. The molecule has 0 fully saturated rings. The number of benzene rings is 2. The van der Waals surface area contributed by atoms with Gasteiger partial charge in [0.25, 0.3) is 0 Å². The van der Waals surface area contributed by atoms with Crippen molar-refractivity contribution in [1.29, 1.82) is 0 Å². The zero-order valence-electron chi connectivity index (χ0n) is 12.2. The van der Waals surface area contributed by atoms with Crippen LogP contribution in [0.2, 0.25) is 5.02 Å². The molecular formula is C17H16ClN3O. The molecule has 1 aliphatic rings. The van der Waals surface area contributed by atoms with Gasteiger partial charge in [-0.25, -0.2) is 0 Å². The number of nitrogens with two attached hydrogens (primary N) is 1. The highest BCUT2D eigenvalue weighted by atomic mass is 35.5. The second-order valence-corrected chi connectivity index (χ2v) is 5.99. The molecule has 1 atom stereocenters. The summed E-state index contributed by atoms with van der Waals surface area (Å²) in [6.45, 7) is 0.512. The third-order valence-electron chi connectivity index (χ3n) is 4.17. The van der Waals surface area contributed by atoms with E-state index in [0.717, 1.165) is 34.3 Å². The number of halogens is 1. The van der Waals surface area contributed by atoms with Crippen molar-refractivity contribution in [3.8, 4) is 17.0 Å². The average molecular weight is 314 g/mol. The molecular weight excluding hydrogens is 298 g/mol. The third-order valence-corrected chi connectivity index (χ3v) is 4.49. The van der Waals surface area contributed by atoms with Gasteiger partial charge in [0.1, 0.15) is 17.5 Å². The van der Waals surface area contributed by atoms with Crippen LogP contribution in [0.4, 0.5) is 0 Å². The van der Waals surface area contributed by atoms with Crippen LogP contribution < -0.4 is 10.5 Å². The van der Waals surface area contributed by atoms with E-state index in [-0.39, 0.29) is 6.10 Å². The highest BCUT2D eigenvalue weighted by molar-refractivity contribution is 6.36. The summed E-state index contributed by atoms with van der Waals surface area (Å²) in [7, 11) is 1.93. The van der Waals surface area contributed by atoms with E-state index in [4.69, 9.17) is 22.1 Å². The molecule has 3 aromatic rings. The SMILES string of the molecule is Cn1nc(-c2cccc3c2OC(CN)C3)c2c(Cl)cccc21. The molecule has 0 spiro atoms. The molecule has 0 aliphatic carbocycles. The lowest BCUT2D eigenvalue weighted by Gasteiger charge is -2.09. The van der Waals surface area contributed by atoms with Crippen LogP contribution >= 0.6 is 11.6 Å². The Balaban J connectivity index is 1.97. The van der Waals surface area contributed by atoms with Gasteiger partial charge in [-0.15, -0.1) is 0 Å². The Morgan fingerprint density at radius 3 is 2.95 bits per heavy atom. The minimum absolute atomic E-state index is 0.0431. The van der Waals surface area contributed by atoms with E-state index in [1.54, 1.807) is 0 Å². The van der Waals surface area contributed by atoms with E-state index in [0.29, 0.717) is 11.6 Å². The molecule has 0 saturated heterocycles. The molecule has 2 N–H and O–H groups in total. The second kappa shape index (κ2) is 5.00. The summed E-state index contributed by atoms with van der Waals surface area (Å²) in [5, 5.41) is 6.33. The smallest absolute Gasteiger partial charge is 0.132 e. The number of ether oxygens (including phenoxy) is 1. The van der Waals surface area contributed by atoms with Crippen molar-refractivity contribution >= 4 is 22.5 Å². The predicted octanol–water partition coefficient (Wildman–Crippen LogP) is 3.16. The molecule has 22 heavy (non-hydrogen) atoms. The van der Waals surface area contributed by atoms with Crippen LogP contribution in [-0.4, -0.2) is 22.4 Å². The number of para-hydroxylation sites is 1. The van der Waals surface area contributed by atoms with E-state index < -0.39 is 0 Å². The summed E-state index contributed by atoms with van der Waals surface area (Å²) >= 11 is 6.42. The first-order valence-corrected chi connectivity index (χ1v) is 7.67. The molecule has 1 unspecified atom stereocenters. The summed E-state index contributed by atoms with van der Waals surface area (Å²) < 4.78 is 7.87. The summed E-state index contributed by atoms with van der Waals surface area (Å²) in [4.78, 5) is 0. The van der Waals surface area contributed by atoms with Crippen molar-refractivity contribution in [1.82, 2.24) is 9.78 Å². The highest BCUT2D eigenvalue weighted by Crippen LogP contribution is 2.42. The molecule has 0 amide bonds. The van der Waals surface area contributed by atoms with Gasteiger partial charge in [0.05, 0.1) is 10.5 Å². The standard InChI is InChI=1S/C17H16ClN3O/c1-21-14-7-3-6-13(18)15(14)16(20-21)12-5-2-4-10-8-11(9-19)22-17(10)12/h2-7,11H,8-9,19H2,1H3. The van der Waals surface area contributed by atoms with Gasteiger partial charge < -0.3 is 10.5 Å². The topological polar surface area (TPSA) is 53.1 Å². The van der Waals surface area contributed by atoms with Crippen molar-refractivity contribution < 1.29 is 4.74 Å². The summed E-state index contributed by atoms with van der Waals surface area (Å²) in [5.74, 6) is 0.887. The van der Waals surface area contributed by atoms with Crippen LogP contribution in [0.15, 0.2) is 36.4 Å². The third kappa shape index (κ3) is 1.91. The molecule has 4 nitrogen and oxygen atoms in total. The second-order valence-electron chi connectivity index (χ2n) is 5.58. The molecule has 1 aliphatic heterocycles. The first-order chi connectivity index (χ1) is 10.7. The lowest BCUT2D eigenvalue weighted by molar-refractivity contribution is 0.242. The predicted molar refractivity (Wildman–Crippen MR) is 88.3 cm³/mol.